The Balaban J connectivity index is 0.00000242. The van der Waals surface area contributed by atoms with E-state index in [9.17, 15) is 0 Å². The van der Waals surface area contributed by atoms with Crippen LogP contribution in [0.2, 0.25) is 0 Å². The number of aryl methyl sites for hydroxylation is 1. The average Bonchev–Trinajstić information content (AvgIpc) is 2.97. The van der Waals surface area contributed by atoms with Gasteiger partial charge >= 0.3 is 0 Å². The second-order valence-electron chi connectivity index (χ2n) is 4.69. The van der Waals surface area contributed by atoms with Crippen LogP contribution in [0, 0.1) is 0 Å². The molecule has 1 aromatic heterocycles. The van der Waals surface area contributed by atoms with Crippen molar-refractivity contribution in [3.63, 3.8) is 0 Å². The minimum atomic E-state index is 0. The molecule has 4 nitrogen and oxygen atoms in total. The molecule has 0 aliphatic rings. The van der Waals surface area contributed by atoms with Gasteiger partial charge in [0.1, 0.15) is 0 Å². The Hall–Kier alpha value is -1.30. The lowest BCUT2D eigenvalue weighted by Gasteiger charge is -1.95. The van der Waals surface area contributed by atoms with Crippen molar-refractivity contribution in [1.82, 2.24) is 10.2 Å². The minimum Gasteiger partial charge on any atom is -1.00 e. The van der Waals surface area contributed by atoms with E-state index < -0.39 is 0 Å². The summed E-state index contributed by atoms with van der Waals surface area (Å²) in [5.74, 6) is 1.55. The van der Waals surface area contributed by atoms with Gasteiger partial charge in [0.15, 0.2) is 0 Å². The molecule has 2 N–H and O–H groups in total. The normalized spacial score (nSPS) is 10.8. The Morgan fingerprint density at radius 2 is 1.91 bits per heavy atom. The third-order valence-corrected chi connectivity index (χ3v) is 3.73. The lowest BCUT2D eigenvalue weighted by molar-refractivity contribution is -0.00000504. The molecule has 0 atom stereocenters. The van der Waals surface area contributed by atoms with Gasteiger partial charge in [-0.05, 0) is 24.9 Å². The van der Waals surface area contributed by atoms with Gasteiger partial charge in [-0.2, -0.15) is 0 Å². The Morgan fingerprint density at radius 1 is 1.09 bits per heavy atom. The molecule has 0 radical (unpaired) electrons. The smallest absolute Gasteiger partial charge is 0.276 e. The quantitative estimate of drug-likeness (QED) is 0.534. The highest BCUT2D eigenvalue weighted by atomic mass is 35.5. The van der Waals surface area contributed by atoms with Crippen molar-refractivity contribution in [2.24, 2.45) is 5.73 Å². The number of unbranched alkanes of at least 4 members (excludes halogenated alkanes) is 2. The Labute approximate surface area is 142 Å². The monoisotopic (exact) mass is 338 g/mol. The van der Waals surface area contributed by atoms with Crippen molar-refractivity contribution in [3.8, 4) is 0 Å². The second kappa shape index (κ2) is 11.3. The highest BCUT2D eigenvalue weighted by molar-refractivity contribution is 7.99. The van der Waals surface area contributed by atoms with E-state index in [4.69, 9.17) is 10.2 Å². The molecule has 120 valence electrons. The maximum Gasteiger partial charge on any atom is 0.276 e. The van der Waals surface area contributed by atoms with Crippen LogP contribution in [0.3, 0.4) is 0 Å². The second-order valence-corrected chi connectivity index (χ2v) is 5.66. The lowest BCUT2D eigenvalue weighted by atomic mass is 10.2. The molecule has 0 unspecified atom stereocenters. The van der Waals surface area contributed by atoms with Gasteiger partial charge in [0.05, 0.1) is 0 Å². The summed E-state index contributed by atoms with van der Waals surface area (Å²) < 4.78 is 5.59. The summed E-state index contributed by atoms with van der Waals surface area (Å²) in [6.07, 6.45) is 8.26. The molecule has 2 aromatic rings. The van der Waals surface area contributed by atoms with Crippen molar-refractivity contribution >= 4 is 17.8 Å². The summed E-state index contributed by atoms with van der Waals surface area (Å²) in [6.45, 7) is 0.749. The molecule has 0 amide bonds. The molecular weight excluding hydrogens is 318 g/mol. The predicted octanol–water partition coefficient (Wildman–Crippen LogP) is 0.551. The van der Waals surface area contributed by atoms with E-state index in [1.54, 1.807) is 11.8 Å². The number of nitrogens with zero attached hydrogens (tertiary/aromatic N) is 2. The van der Waals surface area contributed by atoms with E-state index in [-0.39, 0.29) is 12.4 Å². The molecule has 22 heavy (non-hydrogen) atoms. The molecule has 0 aliphatic heterocycles. The molecule has 0 fully saturated rings. The zero-order chi connectivity index (χ0) is 14.8. The molecule has 0 spiro atoms. The number of rotatable bonds is 9. The van der Waals surface area contributed by atoms with Gasteiger partial charge in [0.25, 0.3) is 5.22 Å². The Kier molecular flexibility index (Phi) is 9.62. The van der Waals surface area contributed by atoms with E-state index in [0.717, 1.165) is 43.9 Å². The van der Waals surface area contributed by atoms with E-state index >= 15 is 0 Å². The molecule has 0 bridgehead atoms. The van der Waals surface area contributed by atoms with Crippen LogP contribution < -0.4 is 18.1 Å². The molecule has 2 rings (SSSR count). The molecule has 1 heterocycles. The third-order valence-electron chi connectivity index (χ3n) is 2.96. The molecule has 0 saturated heterocycles. The Bertz CT molecular complexity index is 545. The number of hydrogen-bond donors (Lipinski definition) is 1. The largest absolute Gasteiger partial charge is 1.00 e. The molecule has 0 aliphatic carbocycles. The van der Waals surface area contributed by atoms with Crippen LogP contribution >= 0.6 is 11.8 Å². The first kappa shape index (κ1) is 18.7. The number of thioether (sulfide) groups is 1. The van der Waals surface area contributed by atoms with Crippen LogP contribution in [0.25, 0.3) is 6.08 Å². The average molecular weight is 339 g/mol. The van der Waals surface area contributed by atoms with Crippen molar-refractivity contribution in [1.29, 1.82) is 0 Å². The van der Waals surface area contributed by atoms with Crippen molar-refractivity contribution < 1.29 is 16.8 Å². The van der Waals surface area contributed by atoms with Crippen LogP contribution in [-0.4, -0.2) is 22.5 Å². The zero-order valence-electron chi connectivity index (χ0n) is 12.5. The van der Waals surface area contributed by atoms with Gasteiger partial charge in [-0.1, -0.05) is 60.7 Å². The van der Waals surface area contributed by atoms with Gasteiger partial charge in [-0.25, -0.2) is 0 Å². The lowest BCUT2D eigenvalue weighted by Crippen LogP contribution is -3.00. The summed E-state index contributed by atoms with van der Waals surface area (Å²) in [6, 6.07) is 10.2. The predicted molar refractivity (Wildman–Crippen MR) is 87.1 cm³/mol. The summed E-state index contributed by atoms with van der Waals surface area (Å²) in [4.78, 5) is 0. The van der Waals surface area contributed by atoms with E-state index in [0.29, 0.717) is 5.22 Å². The number of aromatic nitrogens is 2. The highest BCUT2D eigenvalue weighted by Crippen LogP contribution is 2.17. The van der Waals surface area contributed by atoms with E-state index in [1.807, 2.05) is 18.2 Å². The molecular formula is C16H21ClN3OS-. The van der Waals surface area contributed by atoms with Gasteiger partial charge in [0.2, 0.25) is 5.89 Å². The van der Waals surface area contributed by atoms with Gasteiger partial charge in [-0.3, -0.25) is 0 Å². The van der Waals surface area contributed by atoms with Crippen molar-refractivity contribution in [3.05, 3.63) is 47.9 Å². The standard InChI is InChI=1S/C16H21N3OS.ClH/c17-12-6-2-5-11-15-18-19-16(20-15)21-13-7-10-14-8-3-1-4-9-14;/h1,3-4,7-10H,2,5-6,11-13,17H2;1H/p-1/b10-7+;. The zero-order valence-corrected chi connectivity index (χ0v) is 14.0. The first-order chi connectivity index (χ1) is 10.4. The minimum absolute atomic E-state index is 0. The maximum atomic E-state index is 5.59. The van der Waals surface area contributed by atoms with Crippen LogP contribution in [0.5, 0.6) is 0 Å². The van der Waals surface area contributed by atoms with Crippen molar-refractivity contribution in [2.45, 2.75) is 30.9 Å². The highest BCUT2D eigenvalue weighted by Gasteiger charge is 2.05. The first-order valence-electron chi connectivity index (χ1n) is 7.25. The van der Waals surface area contributed by atoms with Gasteiger partial charge in [0, 0.05) is 12.2 Å². The Morgan fingerprint density at radius 3 is 2.68 bits per heavy atom. The summed E-state index contributed by atoms with van der Waals surface area (Å²) in [5, 5.41) is 8.75. The number of hydrogen-bond acceptors (Lipinski definition) is 5. The summed E-state index contributed by atoms with van der Waals surface area (Å²) in [5.41, 5.74) is 6.66. The van der Waals surface area contributed by atoms with Gasteiger partial charge in [-0.15, -0.1) is 10.2 Å². The van der Waals surface area contributed by atoms with E-state index in [1.165, 1.54) is 5.56 Å². The number of nitrogens with two attached hydrogens (primary N) is 1. The van der Waals surface area contributed by atoms with Crippen molar-refractivity contribution in [2.75, 3.05) is 12.3 Å². The summed E-state index contributed by atoms with van der Waals surface area (Å²) in [7, 11) is 0. The first-order valence-corrected chi connectivity index (χ1v) is 8.24. The topological polar surface area (TPSA) is 64.9 Å². The molecule has 6 heteroatoms. The van der Waals surface area contributed by atoms with Crippen LogP contribution in [0.15, 0.2) is 46.0 Å². The van der Waals surface area contributed by atoms with Crippen LogP contribution in [0.1, 0.15) is 30.7 Å². The third kappa shape index (κ3) is 7.11. The fourth-order valence-electron chi connectivity index (χ4n) is 1.86. The van der Waals surface area contributed by atoms with Crippen LogP contribution in [0.4, 0.5) is 0 Å². The fourth-order valence-corrected chi connectivity index (χ4v) is 2.45. The number of benzene rings is 1. The number of halogens is 1. The van der Waals surface area contributed by atoms with Gasteiger partial charge < -0.3 is 22.6 Å². The molecule has 0 saturated carbocycles. The molecule has 1 aromatic carbocycles. The fraction of sp³-hybridized carbons (Fsp3) is 0.375. The van der Waals surface area contributed by atoms with E-state index in [2.05, 4.69) is 34.5 Å². The maximum absolute atomic E-state index is 5.59. The summed E-state index contributed by atoms with van der Waals surface area (Å²) >= 11 is 1.56. The SMILES string of the molecule is NCCCCCc1nnc(SC/C=C/c2ccccc2)o1.[Cl-]. The van der Waals surface area contributed by atoms with Crippen LogP contribution in [-0.2, 0) is 6.42 Å².